The zero-order valence-corrected chi connectivity index (χ0v) is 18.8. The van der Waals surface area contributed by atoms with E-state index in [9.17, 15) is 18.0 Å². The summed E-state index contributed by atoms with van der Waals surface area (Å²) in [6, 6.07) is 22.3. The average Bonchev–Trinajstić information content (AvgIpc) is 2.83. The third-order valence-corrected chi connectivity index (χ3v) is 6.96. The van der Waals surface area contributed by atoms with Crippen LogP contribution in [-0.2, 0) is 39.0 Å². The largest absolute Gasteiger partial charge is 0.351 e. The van der Waals surface area contributed by atoms with E-state index in [4.69, 9.17) is 0 Å². The molecule has 4 rings (SSSR count). The van der Waals surface area contributed by atoms with Crippen LogP contribution in [0.1, 0.15) is 23.1 Å². The molecule has 0 spiro atoms. The Morgan fingerprint density at radius 2 is 1.58 bits per heavy atom. The first-order valence-electron chi connectivity index (χ1n) is 10.7. The molecule has 3 N–H and O–H groups in total. The van der Waals surface area contributed by atoms with Gasteiger partial charge in [0.1, 0.15) is 6.04 Å². The standard InChI is InChI=1S/C25H25N3O4S/c29-24-14-11-20-16-21(12-13-22(20)27-24)33(31,32)28-23(15-18-7-3-1-4-8-18)25(30)26-17-19-9-5-2-6-10-19/h1-10,12-13,16,23,28H,11,14-15,17H2,(H,26,30)(H,27,29). The Kier molecular flexibility index (Phi) is 6.86. The maximum atomic E-state index is 13.2. The van der Waals surface area contributed by atoms with Gasteiger partial charge in [0.05, 0.1) is 4.90 Å². The van der Waals surface area contributed by atoms with Crippen LogP contribution in [0.3, 0.4) is 0 Å². The van der Waals surface area contributed by atoms with Gasteiger partial charge in [0.15, 0.2) is 0 Å². The van der Waals surface area contributed by atoms with Crippen molar-refractivity contribution in [2.75, 3.05) is 5.32 Å². The van der Waals surface area contributed by atoms with Gasteiger partial charge in [-0.05, 0) is 47.7 Å². The lowest BCUT2D eigenvalue weighted by Crippen LogP contribution is -2.47. The van der Waals surface area contributed by atoms with Crippen LogP contribution in [0.15, 0.2) is 83.8 Å². The van der Waals surface area contributed by atoms with Crippen LogP contribution in [0.25, 0.3) is 0 Å². The summed E-state index contributed by atoms with van der Waals surface area (Å²) in [5, 5.41) is 5.58. The van der Waals surface area contributed by atoms with E-state index in [0.29, 0.717) is 25.1 Å². The van der Waals surface area contributed by atoms with Crippen molar-refractivity contribution in [3.05, 3.63) is 95.6 Å². The van der Waals surface area contributed by atoms with Crippen molar-refractivity contribution in [1.82, 2.24) is 10.0 Å². The Hall–Kier alpha value is -3.49. The number of hydrogen-bond acceptors (Lipinski definition) is 4. The van der Waals surface area contributed by atoms with Gasteiger partial charge in [-0.3, -0.25) is 9.59 Å². The summed E-state index contributed by atoms with van der Waals surface area (Å²) in [5.41, 5.74) is 3.13. The summed E-state index contributed by atoms with van der Waals surface area (Å²) in [5.74, 6) is -0.495. The molecule has 7 nitrogen and oxygen atoms in total. The zero-order valence-electron chi connectivity index (χ0n) is 18.0. The summed E-state index contributed by atoms with van der Waals surface area (Å²) >= 11 is 0. The monoisotopic (exact) mass is 463 g/mol. The molecule has 0 bridgehead atoms. The van der Waals surface area contributed by atoms with E-state index in [1.807, 2.05) is 60.7 Å². The summed E-state index contributed by atoms with van der Waals surface area (Å²) in [6.45, 7) is 0.297. The molecule has 0 fully saturated rings. The van der Waals surface area contributed by atoms with Crippen LogP contribution in [0.4, 0.5) is 5.69 Å². The van der Waals surface area contributed by atoms with Gasteiger partial charge in [0.2, 0.25) is 21.8 Å². The van der Waals surface area contributed by atoms with Crippen LogP contribution in [0.5, 0.6) is 0 Å². The number of fused-ring (bicyclic) bond motifs is 1. The number of rotatable bonds is 8. The number of amides is 2. The van der Waals surface area contributed by atoms with Crippen molar-refractivity contribution in [2.24, 2.45) is 0 Å². The van der Waals surface area contributed by atoms with E-state index in [-0.39, 0.29) is 17.2 Å². The van der Waals surface area contributed by atoms with E-state index in [2.05, 4.69) is 15.4 Å². The van der Waals surface area contributed by atoms with E-state index in [0.717, 1.165) is 16.7 Å². The molecule has 1 heterocycles. The van der Waals surface area contributed by atoms with E-state index in [1.165, 1.54) is 6.07 Å². The molecule has 2 amide bonds. The lowest BCUT2D eigenvalue weighted by Gasteiger charge is -2.21. The zero-order chi connectivity index (χ0) is 23.3. The van der Waals surface area contributed by atoms with Crippen molar-refractivity contribution in [1.29, 1.82) is 0 Å². The van der Waals surface area contributed by atoms with Crippen molar-refractivity contribution >= 4 is 27.5 Å². The first-order valence-corrected chi connectivity index (χ1v) is 12.2. The molecular formula is C25H25N3O4S. The van der Waals surface area contributed by atoms with E-state index < -0.39 is 22.0 Å². The van der Waals surface area contributed by atoms with Crippen LogP contribution in [0, 0.1) is 0 Å². The van der Waals surface area contributed by atoms with Gasteiger partial charge in [0, 0.05) is 18.7 Å². The number of anilines is 1. The number of nitrogens with one attached hydrogen (secondary N) is 3. The molecule has 0 saturated heterocycles. The van der Waals surface area contributed by atoms with Crippen molar-refractivity contribution in [3.8, 4) is 0 Å². The van der Waals surface area contributed by atoms with Gasteiger partial charge < -0.3 is 10.6 Å². The fraction of sp³-hybridized carbons (Fsp3) is 0.200. The highest BCUT2D eigenvalue weighted by atomic mass is 32.2. The van der Waals surface area contributed by atoms with Gasteiger partial charge in [-0.25, -0.2) is 8.42 Å². The smallest absolute Gasteiger partial charge is 0.241 e. The molecule has 3 aromatic rings. The van der Waals surface area contributed by atoms with Gasteiger partial charge >= 0.3 is 0 Å². The predicted octanol–water partition coefficient (Wildman–Crippen LogP) is 2.78. The Morgan fingerprint density at radius 1 is 0.909 bits per heavy atom. The normalized spacial score (nSPS) is 14.1. The van der Waals surface area contributed by atoms with Crippen LogP contribution < -0.4 is 15.4 Å². The number of carbonyl (C=O) groups excluding carboxylic acids is 2. The second-order valence-electron chi connectivity index (χ2n) is 7.93. The minimum atomic E-state index is -3.98. The van der Waals surface area contributed by atoms with Crippen LogP contribution >= 0.6 is 0 Å². The second-order valence-corrected chi connectivity index (χ2v) is 9.65. The minimum Gasteiger partial charge on any atom is -0.351 e. The molecular weight excluding hydrogens is 438 g/mol. The maximum Gasteiger partial charge on any atom is 0.241 e. The number of carbonyl (C=O) groups is 2. The van der Waals surface area contributed by atoms with Crippen molar-refractivity contribution in [2.45, 2.75) is 36.7 Å². The highest BCUT2D eigenvalue weighted by Crippen LogP contribution is 2.25. The highest BCUT2D eigenvalue weighted by Gasteiger charge is 2.27. The first kappa shape index (κ1) is 22.7. The molecule has 3 aromatic carbocycles. The molecule has 1 unspecified atom stereocenters. The third kappa shape index (κ3) is 5.85. The number of sulfonamides is 1. The second kappa shape index (κ2) is 9.97. The third-order valence-electron chi connectivity index (χ3n) is 5.49. The maximum absolute atomic E-state index is 13.2. The van der Waals surface area contributed by atoms with Crippen LogP contribution in [0.2, 0.25) is 0 Å². The van der Waals surface area contributed by atoms with E-state index in [1.54, 1.807) is 12.1 Å². The molecule has 33 heavy (non-hydrogen) atoms. The summed E-state index contributed by atoms with van der Waals surface area (Å²) in [7, 11) is -3.98. The molecule has 170 valence electrons. The number of hydrogen-bond donors (Lipinski definition) is 3. The molecule has 1 atom stereocenters. The lowest BCUT2D eigenvalue weighted by molar-refractivity contribution is -0.123. The topological polar surface area (TPSA) is 104 Å². The molecule has 1 aliphatic heterocycles. The molecule has 0 aromatic heterocycles. The Morgan fingerprint density at radius 3 is 2.27 bits per heavy atom. The SMILES string of the molecule is O=C1CCc2cc(S(=O)(=O)NC(Cc3ccccc3)C(=O)NCc3ccccc3)ccc2N1. The Labute approximate surface area is 193 Å². The highest BCUT2D eigenvalue weighted by molar-refractivity contribution is 7.89. The lowest BCUT2D eigenvalue weighted by atomic mass is 10.0. The Bertz CT molecular complexity index is 1250. The first-order chi connectivity index (χ1) is 15.9. The molecule has 0 saturated carbocycles. The van der Waals surface area contributed by atoms with Gasteiger partial charge in [-0.15, -0.1) is 0 Å². The summed E-state index contributed by atoms with van der Waals surface area (Å²) in [4.78, 5) is 24.7. The van der Waals surface area contributed by atoms with Gasteiger partial charge in [0.25, 0.3) is 0 Å². The molecule has 1 aliphatic rings. The van der Waals surface area contributed by atoms with Crippen molar-refractivity contribution in [3.63, 3.8) is 0 Å². The minimum absolute atomic E-state index is 0.0614. The fourth-order valence-electron chi connectivity index (χ4n) is 3.73. The molecule has 0 aliphatic carbocycles. The van der Waals surface area contributed by atoms with Crippen LogP contribution in [-0.4, -0.2) is 26.3 Å². The Balaban J connectivity index is 1.54. The molecule has 8 heteroatoms. The number of benzene rings is 3. The van der Waals surface area contributed by atoms with Gasteiger partial charge in [-0.1, -0.05) is 60.7 Å². The average molecular weight is 464 g/mol. The quantitative estimate of drug-likeness (QED) is 0.478. The van der Waals surface area contributed by atoms with Gasteiger partial charge in [-0.2, -0.15) is 4.72 Å². The fourth-order valence-corrected chi connectivity index (χ4v) is 4.97. The summed E-state index contributed by atoms with van der Waals surface area (Å²) < 4.78 is 28.9. The molecule has 0 radical (unpaired) electrons. The van der Waals surface area contributed by atoms with E-state index >= 15 is 0 Å². The summed E-state index contributed by atoms with van der Waals surface area (Å²) in [6.07, 6.45) is 0.986. The van der Waals surface area contributed by atoms with Crippen molar-refractivity contribution < 1.29 is 18.0 Å². The predicted molar refractivity (Wildman–Crippen MR) is 126 cm³/mol. The number of aryl methyl sites for hydroxylation is 1.